The van der Waals surface area contributed by atoms with E-state index in [2.05, 4.69) is 5.32 Å². The van der Waals surface area contributed by atoms with Crippen molar-refractivity contribution in [2.75, 3.05) is 0 Å². The minimum Gasteiger partial charge on any atom is -0.345 e. The van der Waals surface area contributed by atoms with Crippen LogP contribution in [-0.2, 0) is 6.42 Å². The molecule has 1 atom stereocenters. The summed E-state index contributed by atoms with van der Waals surface area (Å²) in [5.74, 6) is -1.31. The molecule has 1 amide bonds. The smallest absolute Gasteiger partial charge is 0.276 e. The lowest BCUT2D eigenvalue weighted by molar-refractivity contribution is -0.385. The topological polar surface area (TPSA) is 72.2 Å². The number of aryl methyl sites for hydroxylation is 1. The molecule has 2 aromatic carbocycles. The molecule has 1 unspecified atom stereocenters. The van der Waals surface area contributed by atoms with E-state index in [0.29, 0.717) is 11.4 Å². The minimum atomic E-state index is -0.770. The standard InChI is InChI=1S/C17H14ClFN2O3/c1-9-14(19)7-11(8-16(9)21(23)24)17(22)20-15-5-2-10-6-12(18)3-4-13(10)15/h3-4,6-8,15H,2,5H2,1H3,(H,20,22). The first kappa shape index (κ1) is 16.4. The number of rotatable bonds is 3. The number of amides is 1. The summed E-state index contributed by atoms with van der Waals surface area (Å²) in [7, 11) is 0. The van der Waals surface area contributed by atoms with Crippen LogP contribution in [0, 0.1) is 22.9 Å². The Balaban J connectivity index is 1.86. The fraction of sp³-hybridized carbons (Fsp3) is 0.235. The van der Waals surface area contributed by atoms with Crippen LogP contribution in [0.1, 0.15) is 39.5 Å². The first-order valence-electron chi connectivity index (χ1n) is 7.40. The molecular formula is C17H14ClFN2O3. The van der Waals surface area contributed by atoms with Gasteiger partial charge in [0.05, 0.1) is 16.5 Å². The predicted octanol–water partition coefficient (Wildman–Crippen LogP) is 4.11. The van der Waals surface area contributed by atoms with Gasteiger partial charge in [0.15, 0.2) is 0 Å². The largest absolute Gasteiger partial charge is 0.345 e. The summed E-state index contributed by atoms with van der Waals surface area (Å²) in [6, 6.07) is 7.38. The molecule has 1 aliphatic carbocycles. The zero-order chi connectivity index (χ0) is 17.4. The number of carbonyl (C=O) groups excluding carboxylic acids is 1. The maximum Gasteiger partial charge on any atom is 0.276 e. The summed E-state index contributed by atoms with van der Waals surface area (Å²) in [6.45, 7) is 1.31. The summed E-state index contributed by atoms with van der Waals surface area (Å²) >= 11 is 5.96. The molecule has 124 valence electrons. The lowest BCUT2D eigenvalue weighted by Crippen LogP contribution is -2.27. The highest BCUT2D eigenvalue weighted by Crippen LogP contribution is 2.33. The van der Waals surface area contributed by atoms with Crippen molar-refractivity contribution in [2.45, 2.75) is 25.8 Å². The van der Waals surface area contributed by atoms with Gasteiger partial charge < -0.3 is 5.32 Å². The van der Waals surface area contributed by atoms with Gasteiger partial charge in [-0.25, -0.2) is 4.39 Å². The Kier molecular flexibility index (Phi) is 4.24. The van der Waals surface area contributed by atoms with Crippen molar-refractivity contribution < 1.29 is 14.1 Å². The van der Waals surface area contributed by atoms with Gasteiger partial charge in [-0.1, -0.05) is 17.7 Å². The Labute approximate surface area is 142 Å². The van der Waals surface area contributed by atoms with Gasteiger partial charge in [0.25, 0.3) is 11.6 Å². The highest BCUT2D eigenvalue weighted by Gasteiger charge is 2.26. The third kappa shape index (κ3) is 2.97. The Morgan fingerprint density at radius 2 is 2.12 bits per heavy atom. The van der Waals surface area contributed by atoms with E-state index < -0.39 is 22.3 Å². The van der Waals surface area contributed by atoms with Crippen molar-refractivity contribution in [3.8, 4) is 0 Å². The minimum absolute atomic E-state index is 0.0628. The average molecular weight is 349 g/mol. The van der Waals surface area contributed by atoms with E-state index in [1.807, 2.05) is 12.1 Å². The van der Waals surface area contributed by atoms with E-state index in [0.717, 1.165) is 29.7 Å². The maximum atomic E-state index is 13.9. The Bertz CT molecular complexity index is 854. The molecule has 0 aliphatic heterocycles. The lowest BCUT2D eigenvalue weighted by atomic mass is 10.1. The number of nitro groups is 1. The van der Waals surface area contributed by atoms with Crippen LogP contribution < -0.4 is 5.32 Å². The van der Waals surface area contributed by atoms with Gasteiger partial charge in [0.1, 0.15) is 5.82 Å². The Hall–Kier alpha value is -2.47. The summed E-state index contributed by atoms with van der Waals surface area (Å²) in [4.78, 5) is 22.7. The van der Waals surface area contributed by atoms with E-state index in [-0.39, 0.29) is 17.2 Å². The molecule has 0 heterocycles. The van der Waals surface area contributed by atoms with E-state index in [4.69, 9.17) is 11.6 Å². The molecule has 0 bridgehead atoms. The molecule has 1 aliphatic rings. The van der Waals surface area contributed by atoms with Crippen LogP contribution in [0.5, 0.6) is 0 Å². The molecule has 0 saturated heterocycles. The molecule has 0 spiro atoms. The van der Waals surface area contributed by atoms with Crippen LogP contribution in [0.15, 0.2) is 30.3 Å². The zero-order valence-electron chi connectivity index (χ0n) is 12.8. The lowest BCUT2D eigenvalue weighted by Gasteiger charge is -2.14. The SMILES string of the molecule is Cc1c(F)cc(C(=O)NC2CCc3cc(Cl)ccc32)cc1[N+](=O)[O-]. The number of carbonyl (C=O) groups is 1. The maximum absolute atomic E-state index is 13.9. The fourth-order valence-corrected chi connectivity index (χ4v) is 3.16. The number of benzene rings is 2. The third-order valence-electron chi connectivity index (χ3n) is 4.26. The number of fused-ring (bicyclic) bond motifs is 1. The third-order valence-corrected chi connectivity index (χ3v) is 4.50. The number of nitro benzene ring substituents is 1. The number of halogens is 2. The summed E-state index contributed by atoms with van der Waals surface area (Å²) in [5, 5.41) is 14.4. The molecule has 0 saturated carbocycles. The highest BCUT2D eigenvalue weighted by molar-refractivity contribution is 6.30. The zero-order valence-corrected chi connectivity index (χ0v) is 13.6. The van der Waals surface area contributed by atoms with Gasteiger partial charge in [-0.3, -0.25) is 14.9 Å². The van der Waals surface area contributed by atoms with E-state index >= 15 is 0 Å². The Morgan fingerprint density at radius 1 is 1.38 bits per heavy atom. The number of hydrogen-bond acceptors (Lipinski definition) is 3. The number of nitrogens with one attached hydrogen (secondary N) is 1. The van der Waals surface area contributed by atoms with Gasteiger partial charge in [-0.2, -0.15) is 0 Å². The summed E-state index contributed by atoms with van der Waals surface area (Å²) < 4.78 is 13.9. The monoisotopic (exact) mass is 348 g/mol. The van der Waals surface area contributed by atoms with Gasteiger partial charge in [0.2, 0.25) is 0 Å². The van der Waals surface area contributed by atoms with Crippen LogP contribution >= 0.6 is 11.6 Å². The highest BCUT2D eigenvalue weighted by atomic mass is 35.5. The van der Waals surface area contributed by atoms with Gasteiger partial charge >= 0.3 is 0 Å². The quantitative estimate of drug-likeness (QED) is 0.670. The molecule has 0 radical (unpaired) electrons. The van der Waals surface area contributed by atoms with Crippen molar-refractivity contribution in [1.82, 2.24) is 5.32 Å². The van der Waals surface area contributed by atoms with Gasteiger partial charge in [-0.05, 0) is 49.1 Å². The summed E-state index contributed by atoms with van der Waals surface area (Å²) in [5.41, 5.74) is 1.48. The second-order valence-electron chi connectivity index (χ2n) is 5.77. The number of nitrogens with zero attached hydrogens (tertiary/aromatic N) is 1. The van der Waals surface area contributed by atoms with Crippen LogP contribution in [-0.4, -0.2) is 10.8 Å². The second-order valence-corrected chi connectivity index (χ2v) is 6.20. The van der Waals surface area contributed by atoms with Crippen LogP contribution in [0.4, 0.5) is 10.1 Å². The first-order chi connectivity index (χ1) is 11.4. The molecule has 2 aromatic rings. The molecule has 24 heavy (non-hydrogen) atoms. The molecule has 7 heteroatoms. The molecule has 5 nitrogen and oxygen atoms in total. The number of hydrogen-bond donors (Lipinski definition) is 1. The van der Waals surface area contributed by atoms with Crippen molar-refractivity contribution >= 4 is 23.2 Å². The Morgan fingerprint density at radius 3 is 2.83 bits per heavy atom. The van der Waals surface area contributed by atoms with Crippen molar-refractivity contribution in [1.29, 1.82) is 0 Å². The normalized spacial score (nSPS) is 15.9. The second kappa shape index (κ2) is 6.20. The average Bonchev–Trinajstić information content (AvgIpc) is 2.91. The first-order valence-corrected chi connectivity index (χ1v) is 7.78. The fourth-order valence-electron chi connectivity index (χ4n) is 2.96. The molecule has 0 aromatic heterocycles. The predicted molar refractivity (Wildman–Crippen MR) is 87.8 cm³/mol. The van der Waals surface area contributed by atoms with Gasteiger partial charge in [-0.15, -0.1) is 0 Å². The van der Waals surface area contributed by atoms with E-state index in [1.165, 1.54) is 6.92 Å². The van der Waals surface area contributed by atoms with Crippen molar-refractivity contribution in [2.24, 2.45) is 0 Å². The summed E-state index contributed by atoms with van der Waals surface area (Å²) in [6.07, 6.45) is 1.49. The molecule has 1 N–H and O–H groups in total. The van der Waals surface area contributed by atoms with Crippen molar-refractivity contribution in [3.63, 3.8) is 0 Å². The molecule has 0 fully saturated rings. The van der Waals surface area contributed by atoms with Gasteiger partial charge in [0, 0.05) is 16.7 Å². The van der Waals surface area contributed by atoms with Crippen LogP contribution in [0.25, 0.3) is 0 Å². The van der Waals surface area contributed by atoms with Crippen LogP contribution in [0.3, 0.4) is 0 Å². The molecule has 3 rings (SSSR count). The van der Waals surface area contributed by atoms with E-state index in [1.54, 1.807) is 6.07 Å². The van der Waals surface area contributed by atoms with Crippen molar-refractivity contribution in [3.05, 3.63) is 73.5 Å². The molecular weight excluding hydrogens is 335 g/mol. The van der Waals surface area contributed by atoms with Crippen LogP contribution in [0.2, 0.25) is 5.02 Å². The van der Waals surface area contributed by atoms with E-state index in [9.17, 15) is 19.3 Å².